The summed E-state index contributed by atoms with van der Waals surface area (Å²) in [6, 6.07) is 1.76. The summed E-state index contributed by atoms with van der Waals surface area (Å²) in [6.45, 7) is 4.19. The van der Waals surface area contributed by atoms with E-state index in [1.807, 2.05) is 11.5 Å². The van der Waals surface area contributed by atoms with Gasteiger partial charge in [0.05, 0.1) is 0 Å². The second-order valence-corrected chi connectivity index (χ2v) is 4.17. The standard InChI is InChI=1S/C12H16F3NO/c1-9-7-11(8-17)10(2)16(9)6-4-3-5-12(13,14)15/h7-8H,3-6H2,1-2H3. The molecule has 0 N–H and O–H groups in total. The summed E-state index contributed by atoms with van der Waals surface area (Å²) in [4.78, 5) is 10.7. The molecule has 0 aromatic carbocycles. The first kappa shape index (κ1) is 13.8. The van der Waals surface area contributed by atoms with Crippen LogP contribution in [-0.4, -0.2) is 17.0 Å². The molecule has 0 bridgehead atoms. The highest BCUT2D eigenvalue weighted by atomic mass is 19.4. The Hall–Kier alpha value is -1.26. The quantitative estimate of drug-likeness (QED) is 0.575. The molecule has 0 spiro atoms. The molecule has 17 heavy (non-hydrogen) atoms. The Kier molecular flexibility index (Phi) is 4.37. The van der Waals surface area contributed by atoms with Crippen molar-refractivity contribution in [3.8, 4) is 0 Å². The van der Waals surface area contributed by atoms with E-state index >= 15 is 0 Å². The maximum Gasteiger partial charge on any atom is 0.389 e. The van der Waals surface area contributed by atoms with Gasteiger partial charge in [0, 0.05) is 29.9 Å². The number of alkyl halides is 3. The van der Waals surface area contributed by atoms with E-state index in [2.05, 4.69) is 0 Å². The predicted octanol–water partition coefficient (Wildman–Crippen LogP) is 3.65. The lowest BCUT2D eigenvalue weighted by Gasteiger charge is -2.10. The Bertz CT molecular complexity index is 393. The molecule has 2 nitrogen and oxygen atoms in total. The maximum atomic E-state index is 11.9. The van der Waals surface area contributed by atoms with E-state index in [1.54, 1.807) is 13.0 Å². The number of hydrogen-bond donors (Lipinski definition) is 0. The van der Waals surface area contributed by atoms with E-state index in [1.165, 1.54) is 0 Å². The molecular formula is C12H16F3NO. The van der Waals surface area contributed by atoms with E-state index in [-0.39, 0.29) is 6.42 Å². The van der Waals surface area contributed by atoms with Gasteiger partial charge in [-0.2, -0.15) is 13.2 Å². The van der Waals surface area contributed by atoms with E-state index in [4.69, 9.17) is 0 Å². The summed E-state index contributed by atoms with van der Waals surface area (Å²) in [7, 11) is 0. The van der Waals surface area contributed by atoms with E-state index in [0.717, 1.165) is 17.7 Å². The lowest BCUT2D eigenvalue weighted by atomic mass is 10.2. The minimum atomic E-state index is -4.07. The van der Waals surface area contributed by atoms with Crippen LogP contribution in [0.3, 0.4) is 0 Å². The summed E-state index contributed by atoms with van der Waals surface area (Å²) in [5, 5.41) is 0. The minimum absolute atomic E-state index is 0.122. The Balaban J connectivity index is 2.52. The van der Waals surface area contributed by atoms with Gasteiger partial charge in [-0.15, -0.1) is 0 Å². The molecule has 0 unspecified atom stereocenters. The van der Waals surface area contributed by atoms with Crippen molar-refractivity contribution in [2.45, 2.75) is 45.8 Å². The average Bonchev–Trinajstić information content (AvgIpc) is 2.48. The van der Waals surface area contributed by atoms with Gasteiger partial charge in [0.25, 0.3) is 0 Å². The third-order valence-corrected chi connectivity index (χ3v) is 2.83. The normalized spacial score (nSPS) is 11.8. The number of aromatic nitrogens is 1. The fourth-order valence-corrected chi connectivity index (χ4v) is 1.89. The number of hydrogen-bond acceptors (Lipinski definition) is 1. The van der Waals surface area contributed by atoms with Gasteiger partial charge in [0.15, 0.2) is 6.29 Å². The zero-order valence-electron chi connectivity index (χ0n) is 9.97. The molecule has 96 valence electrons. The van der Waals surface area contributed by atoms with Crippen molar-refractivity contribution in [2.75, 3.05) is 0 Å². The van der Waals surface area contributed by atoms with Crippen LogP contribution in [0.15, 0.2) is 6.07 Å². The first-order chi connectivity index (χ1) is 7.85. The number of halogens is 3. The summed E-state index contributed by atoms with van der Waals surface area (Å²) >= 11 is 0. The molecule has 0 radical (unpaired) electrons. The van der Waals surface area contributed by atoms with Crippen LogP contribution < -0.4 is 0 Å². The van der Waals surface area contributed by atoms with E-state index < -0.39 is 12.6 Å². The van der Waals surface area contributed by atoms with Crippen molar-refractivity contribution in [2.24, 2.45) is 0 Å². The Labute approximate surface area is 98.4 Å². The number of nitrogens with zero attached hydrogens (tertiary/aromatic N) is 1. The van der Waals surface area contributed by atoms with Crippen molar-refractivity contribution >= 4 is 6.29 Å². The molecule has 5 heteroatoms. The molecule has 1 aromatic heterocycles. The van der Waals surface area contributed by atoms with Gasteiger partial charge in [-0.25, -0.2) is 0 Å². The van der Waals surface area contributed by atoms with Crippen LogP contribution in [0.1, 0.15) is 41.0 Å². The second kappa shape index (κ2) is 5.38. The van der Waals surface area contributed by atoms with Gasteiger partial charge in [-0.1, -0.05) is 0 Å². The van der Waals surface area contributed by atoms with Crippen molar-refractivity contribution in [3.63, 3.8) is 0 Å². The molecule has 0 fully saturated rings. The lowest BCUT2D eigenvalue weighted by Crippen LogP contribution is -2.08. The summed E-state index contributed by atoms with van der Waals surface area (Å²) in [5.74, 6) is 0. The van der Waals surface area contributed by atoms with Crippen LogP contribution in [0.2, 0.25) is 0 Å². The van der Waals surface area contributed by atoms with Gasteiger partial charge in [0.1, 0.15) is 0 Å². The highest BCUT2D eigenvalue weighted by Gasteiger charge is 2.25. The van der Waals surface area contributed by atoms with Crippen molar-refractivity contribution in [3.05, 3.63) is 23.0 Å². The zero-order valence-corrected chi connectivity index (χ0v) is 9.97. The maximum absolute atomic E-state index is 11.9. The van der Waals surface area contributed by atoms with Crippen molar-refractivity contribution in [1.82, 2.24) is 4.57 Å². The minimum Gasteiger partial charge on any atom is -0.348 e. The Morgan fingerprint density at radius 1 is 1.29 bits per heavy atom. The topological polar surface area (TPSA) is 22.0 Å². The molecule has 0 saturated carbocycles. The fourth-order valence-electron chi connectivity index (χ4n) is 1.89. The molecule has 0 aliphatic rings. The molecule has 1 heterocycles. The molecule has 1 rings (SSSR count). The third kappa shape index (κ3) is 3.91. The largest absolute Gasteiger partial charge is 0.389 e. The van der Waals surface area contributed by atoms with Crippen molar-refractivity contribution < 1.29 is 18.0 Å². The third-order valence-electron chi connectivity index (χ3n) is 2.83. The predicted molar refractivity (Wildman–Crippen MR) is 59.2 cm³/mol. The summed E-state index contributed by atoms with van der Waals surface area (Å²) < 4.78 is 37.7. The van der Waals surface area contributed by atoms with Gasteiger partial charge in [-0.3, -0.25) is 4.79 Å². The smallest absolute Gasteiger partial charge is 0.348 e. The molecule has 0 saturated heterocycles. The average molecular weight is 247 g/mol. The van der Waals surface area contributed by atoms with Crippen LogP contribution >= 0.6 is 0 Å². The molecular weight excluding hydrogens is 231 g/mol. The highest BCUT2D eigenvalue weighted by molar-refractivity contribution is 5.77. The summed E-state index contributed by atoms with van der Waals surface area (Å²) in [6.07, 6.45) is -3.46. The van der Waals surface area contributed by atoms with Crippen LogP contribution in [0.4, 0.5) is 13.2 Å². The van der Waals surface area contributed by atoms with Gasteiger partial charge < -0.3 is 4.57 Å². The molecule has 0 aliphatic heterocycles. The number of carbonyl (C=O) groups is 1. The lowest BCUT2D eigenvalue weighted by molar-refractivity contribution is -0.135. The zero-order chi connectivity index (χ0) is 13.1. The van der Waals surface area contributed by atoms with Crippen LogP contribution in [0.5, 0.6) is 0 Å². The first-order valence-electron chi connectivity index (χ1n) is 5.54. The fraction of sp³-hybridized carbons (Fsp3) is 0.583. The van der Waals surface area contributed by atoms with E-state index in [0.29, 0.717) is 18.5 Å². The van der Waals surface area contributed by atoms with Crippen LogP contribution in [0.25, 0.3) is 0 Å². The SMILES string of the molecule is Cc1cc(C=O)c(C)n1CCCCC(F)(F)F. The Morgan fingerprint density at radius 2 is 1.94 bits per heavy atom. The highest BCUT2D eigenvalue weighted by Crippen LogP contribution is 2.23. The van der Waals surface area contributed by atoms with Crippen LogP contribution in [-0.2, 0) is 6.54 Å². The summed E-state index contributed by atoms with van der Waals surface area (Å²) in [5.41, 5.74) is 2.35. The molecule has 0 atom stereocenters. The van der Waals surface area contributed by atoms with Gasteiger partial charge in [-0.05, 0) is 32.8 Å². The number of unbranched alkanes of at least 4 members (excludes halogenated alkanes) is 1. The van der Waals surface area contributed by atoms with E-state index in [9.17, 15) is 18.0 Å². The van der Waals surface area contributed by atoms with Gasteiger partial charge in [0.2, 0.25) is 0 Å². The second-order valence-electron chi connectivity index (χ2n) is 4.17. The number of rotatable bonds is 5. The molecule has 0 aliphatic carbocycles. The van der Waals surface area contributed by atoms with Gasteiger partial charge >= 0.3 is 6.18 Å². The van der Waals surface area contributed by atoms with Crippen molar-refractivity contribution in [1.29, 1.82) is 0 Å². The molecule has 0 amide bonds. The van der Waals surface area contributed by atoms with Crippen LogP contribution in [0, 0.1) is 13.8 Å². The Morgan fingerprint density at radius 3 is 2.41 bits per heavy atom. The number of carbonyl (C=O) groups excluding carboxylic acids is 1. The first-order valence-corrected chi connectivity index (χ1v) is 5.54. The number of aryl methyl sites for hydroxylation is 1. The molecule has 1 aromatic rings. The number of aldehydes is 1. The monoisotopic (exact) mass is 247 g/mol.